The SMILES string of the molecule is CCCCN(CC(F)(F)F)C(=O)CCCC(C)N. The third-order valence-electron chi connectivity index (χ3n) is 2.55. The van der Waals surface area contributed by atoms with Crippen molar-refractivity contribution in [2.75, 3.05) is 13.1 Å². The van der Waals surface area contributed by atoms with Crippen molar-refractivity contribution >= 4 is 5.91 Å². The highest BCUT2D eigenvalue weighted by Crippen LogP contribution is 2.18. The second-order valence-electron chi connectivity index (χ2n) is 4.65. The molecule has 0 heterocycles. The average Bonchev–Trinajstić information content (AvgIpc) is 2.21. The average molecular weight is 268 g/mol. The molecule has 0 saturated carbocycles. The van der Waals surface area contributed by atoms with Crippen LogP contribution in [-0.2, 0) is 4.79 Å². The lowest BCUT2D eigenvalue weighted by molar-refractivity contribution is -0.161. The van der Waals surface area contributed by atoms with Crippen molar-refractivity contribution in [1.29, 1.82) is 0 Å². The Kier molecular flexibility index (Phi) is 7.98. The Morgan fingerprint density at radius 3 is 2.39 bits per heavy atom. The van der Waals surface area contributed by atoms with Crippen molar-refractivity contribution in [3.05, 3.63) is 0 Å². The maximum atomic E-state index is 12.3. The minimum absolute atomic E-state index is 0.0236. The van der Waals surface area contributed by atoms with Crippen molar-refractivity contribution < 1.29 is 18.0 Å². The van der Waals surface area contributed by atoms with Gasteiger partial charge in [-0.05, 0) is 26.2 Å². The van der Waals surface area contributed by atoms with E-state index in [0.717, 1.165) is 11.3 Å². The van der Waals surface area contributed by atoms with Crippen molar-refractivity contribution in [3.8, 4) is 0 Å². The molecule has 0 bridgehead atoms. The van der Waals surface area contributed by atoms with Gasteiger partial charge in [0.1, 0.15) is 6.54 Å². The first kappa shape index (κ1) is 17.2. The quantitative estimate of drug-likeness (QED) is 0.735. The predicted molar refractivity (Wildman–Crippen MR) is 65.0 cm³/mol. The number of halogens is 3. The lowest BCUT2D eigenvalue weighted by Crippen LogP contribution is -2.39. The zero-order chi connectivity index (χ0) is 14.2. The van der Waals surface area contributed by atoms with Gasteiger partial charge in [-0.15, -0.1) is 0 Å². The molecular weight excluding hydrogens is 245 g/mol. The number of hydrogen-bond donors (Lipinski definition) is 1. The van der Waals surface area contributed by atoms with Crippen molar-refractivity contribution in [2.45, 2.75) is 58.2 Å². The third-order valence-corrected chi connectivity index (χ3v) is 2.55. The van der Waals surface area contributed by atoms with E-state index < -0.39 is 18.6 Å². The third kappa shape index (κ3) is 9.27. The summed E-state index contributed by atoms with van der Waals surface area (Å²) in [5.74, 6) is -0.429. The van der Waals surface area contributed by atoms with Gasteiger partial charge in [0.25, 0.3) is 0 Å². The van der Waals surface area contributed by atoms with E-state index >= 15 is 0 Å². The molecule has 0 fully saturated rings. The van der Waals surface area contributed by atoms with Crippen LogP contribution in [0.4, 0.5) is 13.2 Å². The lowest BCUT2D eigenvalue weighted by atomic mass is 10.1. The van der Waals surface area contributed by atoms with Crippen LogP contribution >= 0.6 is 0 Å². The molecule has 3 nitrogen and oxygen atoms in total. The Balaban J connectivity index is 4.22. The largest absolute Gasteiger partial charge is 0.406 e. The molecule has 0 aliphatic heterocycles. The summed E-state index contributed by atoms with van der Waals surface area (Å²) >= 11 is 0. The Labute approximate surface area is 107 Å². The number of rotatable bonds is 8. The molecule has 0 aromatic rings. The molecule has 1 unspecified atom stereocenters. The van der Waals surface area contributed by atoms with Crippen LogP contribution in [-0.4, -0.2) is 36.1 Å². The van der Waals surface area contributed by atoms with Crippen LogP contribution in [0.15, 0.2) is 0 Å². The van der Waals surface area contributed by atoms with E-state index in [1.54, 1.807) is 0 Å². The van der Waals surface area contributed by atoms with Crippen LogP contribution in [0.5, 0.6) is 0 Å². The van der Waals surface area contributed by atoms with E-state index in [2.05, 4.69) is 0 Å². The first-order valence-corrected chi connectivity index (χ1v) is 6.36. The molecule has 0 saturated heterocycles. The number of hydrogen-bond acceptors (Lipinski definition) is 2. The monoisotopic (exact) mass is 268 g/mol. The summed E-state index contributed by atoms with van der Waals surface area (Å²) in [5.41, 5.74) is 5.53. The second-order valence-corrected chi connectivity index (χ2v) is 4.65. The van der Waals surface area contributed by atoms with Crippen LogP contribution in [0.1, 0.15) is 46.0 Å². The molecular formula is C12H23F3N2O. The number of nitrogens with zero attached hydrogens (tertiary/aromatic N) is 1. The van der Waals surface area contributed by atoms with Gasteiger partial charge in [-0.1, -0.05) is 13.3 Å². The summed E-state index contributed by atoms with van der Waals surface area (Å²) in [4.78, 5) is 12.6. The molecule has 0 aliphatic carbocycles. The Bertz CT molecular complexity index is 242. The van der Waals surface area contributed by atoms with Crippen LogP contribution in [0.3, 0.4) is 0 Å². The van der Waals surface area contributed by atoms with E-state index in [4.69, 9.17) is 5.73 Å². The van der Waals surface area contributed by atoms with Gasteiger partial charge in [0, 0.05) is 19.0 Å². The number of nitrogens with two attached hydrogens (primary N) is 1. The fourth-order valence-corrected chi connectivity index (χ4v) is 1.59. The van der Waals surface area contributed by atoms with Gasteiger partial charge in [-0.3, -0.25) is 4.79 Å². The van der Waals surface area contributed by atoms with Gasteiger partial charge < -0.3 is 10.6 Å². The van der Waals surface area contributed by atoms with Gasteiger partial charge in [0.15, 0.2) is 0 Å². The number of unbranched alkanes of at least 4 members (excludes halogenated alkanes) is 1. The molecule has 0 aromatic heterocycles. The van der Waals surface area contributed by atoms with E-state index in [1.165, 1.54) is 0 Å². The molecule has 0 aliphatic rings. The normalized spacial score (nSPS) is 13.4. The first-order valence-electron chi connectivity index (χ1n) is 6.36. The molecule has 1 atom stereocenters. The number of amides is 1. The summed E-state index contributed by atoms with van der Waals surface area (Å²) in [7, 11) is 0. The summed E-state index contributed by atoms with van der Waals surface area (Å²) in [6, 6.07) is -0.0236. The Morgan fingerprint density at radius 1 is 1.33 bits per heavy atom. The predicted octanol–water partition coefficient (Wildman–Crippen LogP) is 2.69. The summed E-state index contributed by atoms with van der Waals surface area (Å²) in [6.45, 7) is 2.72. The van der Waals surface area contributed by atoms with E-state index in [0.29, 0.717) is 19.3 Å². The fraction of sp³-hybridized carbons (Fsp3) is 0.917. The Morgan fingerprint density at radius 2 is 1.94 bits per heavy atom. The molecule has 0 rings (SSSR count). The number of alkyl halides is 3. The van der Waals surface area contributed by atoms with Gasteiger partial charge in [0.2, 0.25) is 5.91 Å². The standard InChI is InChI=1S/C12H23F3N2O/c1-3-4-8-17(9-12(13,14)15)11(18)7-5-6-10(2)16/h10H,3-9,16H2,1-2H3. The second kappa shape index (κ2) is 8.34. The van der Waals surface area contributed by atoms with Crippen molar-refractivity contribution in [3.63, 3.8) is 0 Å². The minimum Gasteiger partial charge on any atom is -0.334 e. The summed E-state index contributed by atoms with van der Waals surface area (Å²) in [6.07, 6.45) is -1.64. The molecule has 6 heteroatoms. The van der Waals surface area contributed by atoms with Gasteiger partial charge in [0.05, 0.1) is 0 Å². The van der Waals surface area contributed by atoms with Crippen LogP contribution in [0.25, 0.3) is 0 Å². The van der Waals surface area contributed by atoms with E-state index in [-0.39, 0.29) is 19.0 Å². The fourth-order valence-electron chi connectivity index (χ4n) is 1.59. The highest BCUT2D eigenvalue weighted by Gasteiger charge is 2.32. The van der Waals surface area contributed by atoms with Gasteiger partial charge in [-0.25, -0.2) is 0 Å². The Hall–Kier alpha value is -0.780. The number of carbonyl (C=O) groups is 1. The molecule has 0 spiro atoms. The maximum Gasteiger partial charge on any atom is 0.406 e. The van der Waals surface area contributed by atoms with Gasteiger partial charge in [-0.2, -0.15) is 13.2 Å². The molecule has 0 radical (unpaired) electrons. The minimum atomic E-state index is -4.33. The lowest BCUT2D eigenvalue weighted by Gasteiger charge is -2.24. The van der Waals surface area contributed by atoms with Crippen molar-refractivity contribution in [1.82, 2.24) is 4.90 Å². The maximum absolute atomic E-state index is 12.3. The highest BCUT2D eigenvalue weighted by atomic mass is 19.4. The molecule has 18 heavy (non-hydrogen) atoms. The zero-order valence-corrected chi connectivity index (χ0v) is 11.1. The van der Waals surface area contributed by atoms with Crippen molar-refractivity contribution in [2.24, 2.45) is 5.73 Å². The zero-order valence-electron chi connectivity index (χ0n) is 11.1. The van der Waals surface area contributed by atoms with E-state index in [9.17, 15) is 18.0 Å². The van der Waals surface area contributed by atoms with Gasteiger partial charge >= 0.3 is 6.18 Å². The topological polar surface area (TPSA) is 46.3 Å². The van der Waals surface area contributed by atoms with Crippen LogP contribution in [0.2, 0.25) is 0 Å². The summed E-state index contributed by atoms with van der Waals surface area (Å²) < 4.78 is 37.0. The highest BCUT2D eigenvalue weighted by molar-refractivity contribution is 5.76. The van der Waals surface area contributed by atoms with Crippen LogP contribution < -0.4 is 5.73 Å². The number of carbonyl (C=O) groups excluding carboxylic acids is 1. The molecule has 1 amide bonds. The smallest absolute Gasteiger partial charge is 0.334 e. The summed E-state index contributed by atoms with van der Waals surface area (Å²) in [5, 5.41) is 0. The first-order chi connectivity index (χ1) is 8.26. The van der Waals surface area contributed by atoms with E-state index in [1.807, 2.05) is 13.8 Å². The molecule has 0 aromatic carbocycles. The molecule has 108 valence electrons. The molecule has 2 N–H and O–H groups in total. The van der Waals surface area contributed by atoms with Crippen LogP contribution in [0, 0.1) is 0 Å².